The van der Waals surface area contributed by atoms with Gasteiger partial charge in [0.2, 0.25) is 5.89 Å². The van der Waals surface area contributed by atoms with Crippen LogP contribution in [0.5, 0.6) is 0 Å². The second kappa shape index (κ2) is 8.72. The Hall–Kier alpha value is -3.03. The molecule has 0 bridgehead atoms. The molecule has 1 aliphatic heterocycles. The normalized spacial score (nSPS) is 18.5. The van der Waals surface area contributed by atoms with Crippen molar-refractivity contribution in [1.29, 1.82) is 0 Å². The second-order valence-electron chi connectivity index (χ2n) is 8.18. The van der Waals surface area contributed by atoms with Crippen molar-refractivity contribution in [2.45, 2.75) is 38.2 Å². The second-order valence-corrected chi connectivity index (χ2v) is 8.18. The van der Waals surface area contributed by atoms with E-state index in [0.29, 0.717) is 16.9 Å². The fraction of sp³-hybridized carbons (Fsp3) is 0.526. The third kappa shape index (κ3) is 5.67. The van der Waals surface area contributed by atoms with Crippen LogP contribution in [0.15, 0.2) is 27.4 Å². The maximum absolute atomic E-state index is 13.4. The third-order valence-corrected chi connectivity index (χ3v) is 5.73. The van der Waals surface area contributed by atoms with Gasteiger partial charge in [-0.1, -0.05) is 0 Å². The zero-order valence-electron chi connectivity index (χ0n) is 17.1. The molecular formula is C19H20F6N4O4. The summed E-state index contributed by atoms with van der Waals surface area (Å²) < 4.78 is 76.7. The van der Waals surface area contributed by atoms with Crippen LogP contribution in [-0.2, 0) is 11.0 Å². The third-order valence-electron chi connectivity index (χ3n) is 5.73. The van der Waals surface area contributed by atoms with Crippen molar-refractivity contribution in [3.63, 3.8) is 0 Å². The predicted octanol–water partition coefficient (Wildman–Crippen LogP) is 3.48. The minimum Gasteiger partial charge on any atom is -0.475 e. The Labute approximate surface area is 182 Å². The molecule has 33 heavy (non-hydrogen) atoms. The molecule has 1 aromatic carbocycles. The maximum Gasteiger partial charge on any atom is 0.490 e. The van der Waals surface area contributed by atoms with Crippen LogP contribution < -0.4 is 16.4 Å². The van der Waals surface area contributed by atoms with Crippen molar-refractivity contribution in [3.8, 4) is 11.5 Å². The van der Waals surface area contributed by atoms with Gasteiger partial charge in [-0.15, -0.1) is 5.10 Å². The van der Waals surface area contributed by atoms with Crippen molar-refractivity contribution in [2.75, 3.05) is 18.4 Å². The van der Waals surface area contributed by atoms with E-state index in [2.05, 4.69) is 20.8 Å². The van der Waals surface area contributed by atoms with E-state index in [9.17, 15) is 31.1 Å². The fourth-order valence-electron chi connectivity index (χ4n) is 3.93. The highest BCUT2D eigenvalue weighted by Crippen LogP contribution is 2.50. The monoisotopic (exact) mass is 482 g/mol. The van der Waals surface area contributed by atoms with Gasteiger partial charge in [-0.05, 0) is 49.3 Å². The van der Waals surface area contributed by atoms with Crippen LogP contribution in [0.2, 0.25) is 0 Å². The molecule has 2 heterocycles. The molecule has 182 valence electrons. The summed E-state index contributed by atoms with van der Waals surface area (Å²) in [7, 11) is 0. The number of aliphatic carboxylic acids is 1. The van der Waals surface area contributed by atoms with Gasteiger partial charge in [0.05, 0.1) is 5.56 Å². The molecule has 1 aromatic heterocycles. The minimum absolute atomic E-state index is 0.0270. The Morgan fingerprint density at radius 1 is 1.24 bits per heavy atom. The maximum atomic E-state index is 13.4. The standard InChI is InChI=1S/C17H19F3N4O2.C2HF3O2/c1-9(11-5-16(6-11)7-21-8-16)22-13-4-10(14-23-24-15(25)26-14)2-3-12(13)17(18,19)20;3-2(4,5)1(6)7/h2-4,9,11,21-22H,5-8H2,1H3,(H,24,25);(H,6,7). The average molecular weight is 482 g/mol. The Kier molecular flexibility index (Phi) is 6.51. The average Bonchev–Trinajstić information content (AvgIpc) is 3.04. The van der Waals surface area contributed by atoms with Gasteiger partial charge in [-0.2, -0.15) is 26.3 Å². The summed E-state index contributed by atoms with van der Waals surface area (Å²) in [5, 5.41) is 19.2. The summed E-state index contributed by atoms with van der Waals surface area (Å²) in [4.78, 5) is 20.0. The molecule has 1 unspecified atom stereocenters. The van der Waals surface area contributed by atoms with Crippen LogP contribution in [0.4, 0.5) is 32.0 Å². The van der Waals surface area contributed by atoms with Crippen LogP contribution >= 0.6 is 0 Å². The lowest BCUT2D eigenvalue weighted by Gasteiger charge is -2.56. The highest BCUT2D eigenvalue weighted by atomic mass is 19.4. The number of H-pyrrole nitrogens is 1. The van der Waals surface area contributed by atoms with E-state index in [4.69, 9.17) is 14.3 Å². The summed E-state index contributed by atoms with van der Waals surface area (Å²) in [5.74, 6) is -3.21. The lowest BCUT2D eigenvalue weighted by Crippen LogP contribution is -2.62. The van der Waals surface area contributed by atoms with Crippen molar-refractivity contribution in [3.05, 3.63) is 34.3 Å². The van der Waals surface area contributed by atoms with E-state index in [1.165, 1.54) is 12.1 Å². The topological polar surface area (TPSA) is 120 Å². The zero-order valence-corrected chi connectivity index (χ0v) is 17.1. The molecule has 2 aliphatic rings. The first-order valence-electron chi connectivity index (χ1n) is 9.75. The molecule has 1 saturated carbocycles. The van der Waals surface area contributed by atoms with E-state index in [0.717, 1.165) is 32.0 Å². The number of hydrogen-bond acceptors (Lipinski definition) is 6. The molecule has 4 N–H and O–H groups in total. The van der Waals surface area contributed by atoms with E-state index in [-0.39, 0.29) is 17.6 Å². The number of hydrogen-bond donors (Lipinski definition) is 4. The number of rotatable bonds is 4. The molecule has 1 saturated heterocycles. The van der Waals surface area contributed by atoms with Crippen molar-refractivity contribution < 1.29 is 40.7 Å². The number of nitrogens with one attached hydrogen (secondary N) is 3. The Bertz CT molecular complexity index is 1050. The minimum atomic E-state index is -5.08. The lowest BCUT2D eigenvalue weighted by molar-refractivity contribution is -0.192. The van der Waals surface area contributed by atoms with Crippen molar-refractivity contribution in [2.24, 2.45) is 11.3 Å². The summed E-state index contributed by atoms with van der Waals surface area (Å²) in [5.41, 5.74) is -0.112. The summed E-state index contributed by atoms with van der Waals surface area (Å²) in [6.45, 7) is 3.90. The number of benzene rings is 1. The van der Waals surface area contributed by atoms with E-state index < -0.39 is 29.6 Å². The van der Waals surface area contributed by atoms with Crippen LogP contribution in [0.3, 0.4) is 0 Å². The van der Waals surface area contributed by atoms with Gasteiger partial charge >= 0.3 is 24.1 Å². The molecule has 8 nitrogen and oxygen atoms in total. The number of carbonyl (C=O) groups is 1. The number of carboxylic acid groups (broad SMARTS) is 1. The summed E-state index contributed by atoms with van der Waals surface area (Å²) >= 11 is 0. The Morgan fingerprint density at radius 3 is 2.27 bits per heavy atom. The summed E-state index contributed by atoms with van der Waals surface area (Å²) in [6.07, 6.45) is -7.53. The van der Waals surface area contributed by atoms with E-state index in [1.54, 1.807) is 0 Å². The van der Waals surface area contributed by atoms with Gasteiger partial charge in [0.15, 0.2) is 0 Å². The number of alkyl halides is 6. The quantitative estimate of drug-likeness (QED) is 0.493. The number of nitrogens with zero attached hydrogens (tertiary/aromatic N) is 1. The Morgan fingerprint density at radius 2 is 1.85 bits per heavy atom. The van der Waals surface area contributed by atoms with Crippen molar-refractivity contribution in [1.82, 2.24) is 15.5 Å². The van der Waals surface area contributed by atoms with Gasteiger partial charge < -0.3 is 20.2 Å². The molecule has 2 aromatic rings. The number of halogens is 6. The molecular weight excluding hydrogens is 462 g/mol. The van der Waals surface area contributed by atoms with Crippen molar-refractivity contribution >= 4 is 11.7 Å². The van der Waals surface area contributed by atoms with Gasteiger partial charge in [-0.25, -0.2) is 14.7 Å². The largest absolute Gasteiger partial charge is 0.490 e. The number of aromatic nitrogens is 2. The van der Waals surface area contributed by atoms with Gasteiger partial charge in [-0.3, -0.25) is 0 Å². The molecule has 1 atom stereocenters. The lowest BCUT2D eigenvalue weighted by atomic mass is 9.57. The molecule has 1 spiro atoms. The predicted molar refractivity (Wildman–Crippen MR) is 102 cm³/mol. The zero-order chi connectivity index (χ0) is 24.6. The summed E-state index contributed by atoms with van der Waals surface area (Å²) in [6, 6.07) is 3.47. The highest BCUT2D eigenvalue weighted by molar-refractivity contribution is 5.73. The molecule has 4 rings (SSSR count). The SMILES string of the molecule is CC(Nc1cc(-c2n[nH]c(=O)o2)ccc1C(F)(F)F)C1CC2(CNC2)C1.O=C(O)C(F)(F)F. The van der Waals surface area contributed by atoms with Gasteiger partial charge in [0.25, 0.3) is 0 Å². The highest BCUT2D eigenvalue weighted by Gasteiger charge is 2.50. The first-order valence-corrected chi connectivity index (χ1v) is 9.75. The molecule has 14 heteroatoms. The number of aromatic amines is 1. The number of carboxylic acids is 1. The van der Waals surface area contributed by atoms with E-state index in [1.807, 2.05) is 6.92 Å². The number of anilines is 1. The van der Waals surface area contributed by atoms with Crippen LogP contribution in [-0.4, -0.2) is 46.6 Å². The van der Waals surface area contributed by atoms with Gasteiger partial charge in [0.1, 0.15) is 0 Å². The van der Waals surface area contributed by atoms with Crippen LogP contribution in [0.1, 0.15) is 25.3 Å². The smallest absolute Gasteiger partial charge is 0.475 e. The van der Waals surface area contributed by atoms with E-state index >= 15 is 0 Å². The molecule has 1 aliphatic carbocycles. The van der Waals surface area contributed by atoms with Crippen LogP contribution in [0.25, 0.3) is 11.5 Å². The first kappa shape index (κ1) is 24.6. The van der Waals surface area contributed by atoms with Crippen LogP contribution in [0, 0.1) is 11.3 Å². The van der Waals surface area contributed by atoms with Gasteiger partial charge in [0, 0.05) is 30.4 Å². The first-order chi connectivity index (χ1) is 15.2. The molecule has 0 radical (unpaired) electrons. The molecule has 0 amide bonds. The molecule has 2 fully saturated rings. The fourth-order valence-corrected chi connectivity index (χ4v) is 3.93. The Balaban J connectivity index is 0.000000383.